The molecule has 0 aromatic carbocycles. The molecule has 2 N–H and O–H groups in total. The molecule has 4 rings (SSSR count). The third-order valence-corrected chi connectivity index (χ3v) is 5.80. The zero-order chi connectivity index (χ0) is 19.5. The first-order valence-corrected chi connectivity index (χ1v) is 10.3. The number of pyridine rings is 1. The number of amides is 2. The number of hydrogen-bond acceptors (Lipinski definition) is 4. The minimum Gasteiger partial charge on any atom is -0.481 e. The van der Waals surface area contributed by atoms with Crippen molar-refractivity contribution in [2.45, 2.75) is 64.0 Å². The number of nitrogens with zero attached hydrogens (tertiary/aromatic N) is 3. The number of methoxy groups -OCH3 is 1. The lowest BCUT2D eigenvalue weighted by atomic mass is 9.96. The molecule has 2 heterocycles. The Morgan fingerprint density at radius 1 is 1.21 bits per heavy atom. The lowest BCUT2D eigenvalue weighted by Gasteiger charge is -2.21. The second-order valence-corrected chi connectivity index (χ2v) is 7.98. The SMILES string of the molecule is COc1ccc(C(NC(=O)Nc2nn(C3CCCCC3)cc2C)C2CC2)cn1. The molecule has 0 radical (unpaired) electrons. The predicted molar refractivity (Wildman–Crippen MR) is 107 cm³/mol. The number of aromatic nitrogens is 3. The molecular weight excluding hydrogens is 354 g/mol. The summed E-state index contributed by atoms with van der Waals surface area (Å²) < 4.78 is 7.17. The van der Waals surface area contributed by atoms with Crippen LogP contribution in [0, 0.1) is 12.8 Å². The van der Waals surface area contributed by atoms with Crippen molar-refractivity contribution >= 4 is 11.8 Å². The highest BCUT2D eigenvalue weighted by atomic mass is 16.5. The van der Waals surface area contributed by atoms with Gasteiger partial charge < -0.3 is 10.1 Å². The van der Waals surface area contributed by atoms with Gasteiger partial charge in [0, 0.05) is 24.0 Å². The number of anilines is 1. The molecule has 0 bridgehead atoms. The number of nitrogens with one attached hydrogen (secondary N) is 2. The molecule has 2 aromatic rings. The van der Waals surface area contributed by atoms with Crippen LogP contribution in [0.25, 0.3) is 0 Å². The fourth-order valence-corrected chi connectivity index (χ4v) is 4.02. The predicted octanol–water partition coefficient (Wildman–Crippen LogP) is 4.37. The summed E-state index contributed by atoms with van der Waals surface area (Å²) in [7, 11) is 1.60. The molecule has 2 fully saturated rings. The van der Waals surface area contributed by atoms with E-state index in [2.05, 4.69) is 26.9 Å². The van der Waals surface area contributed by atoms with E-state index in [1.807, 2.05) is 23.7 Å². The first-order chi connectivity index (χ1) is 13.6. The van der Waals surface area contributed by atoms with Crippen molar-refractivity contribution in [3.05, 3.63) is 35.7 Å². The second-order valence-electron chi connectivity index (χ2n) is 7.98. The Morgan fingerprint density at radius 3 is 2.64 bits per heavy atom. The summed E-state index contributed by atoms with van der Waals surface area (Å²) in [5.41, 5.74) is 2.00. The van der Waals surface area contributed by atoms with E-state index >= 15 is 0 Å². The summed E-state index contributed by atoms with van der Waals surface area (Å²) in [6, 6.07) is 4.00. The Morgan fingerprint density at radius 2 is 2.00 bits per heavy atom. The van der Waals surface area contributed by atoms with E-state index in [9.17, 15) is 4.79 Å². The highest BCUT2D eigenvalue weighted by Gasteiger charge is 2.34. The highest BCUT2D eigenvalue weighted by Crippen LogP contribution is 2.41. The maximum atomic E-state index is 12.7. The Hall–Kier alpha value is -2.57. The molecule has 2 aromatic heterocycles. The number of rotatable bonds is 6. The van der Waals surface area contributed by atoms with E-state index in [1.54, 1.807) is 13.3 Å². The van der Waals surface area contributed by atoms with Crippen LogP contribution in [0.5, 0.6) is 5.88 Å². The quantitative estimate of drug-likeness (QED) is 0.776. The number of carbonyl (C=O) groups is 1. The fraction of sp³-hybridized carbons (Fsp3) is 0.571. The minimum atomic E-state index is -0.218. The molecule has 2 aliphatic carbocycles. The van der Waals surface area contributed by atoms with Crippen molar-refractivity contribution in [1.29, 1.82) is 0 Å². The van der Waals surface area contributed by atoms with Crippen LogP contribution in [0.4, 0.5) is 10.6 Å². The van der Waals surface area contributed by atoms with E-state index in [1.165, 1.54) is 32.1 Å². The van der Waals surface area contributed by atoms with E-state index in [-0.39, 0.29) is 12.1 Å². The smallest absolute Gasteiger partial charge is 0.320 e. The van der Waals surface area contributed by atoms with Gasteiger partial charge in [-0.1, -0.05) is 25.3 Å². The number of aryl methyl sites for hydroxylation is 1. The molecule has 7 nitrogen and oxygen atoms in total. The lowest BCUT2D eigenvalue weighted by Crippen LogP contribution is -2.34. The van der Waals surface area contributed by atoms with Crippen molar-refractivity contribution in [3.8, 4) is 5.88 Å². The van der Waals surface area contributed by atoms with Gasteiger partial charge in [0.1, 0.15) is 0 Å². The molecule has 1 unspecified atom stereocenters. The monoisotopic (exact) mass is 383 g/mol. The van der Waals surface area contributed by atoms with E-state index in [0.29, 0.717) is 23.7 Å². The number of carbonyl (C=O) groups excluding carboxylic acids is 1. The molecule has 2 aliphatic rings. The summed E-state index contributed by atoms with van der Waals surface area (Å²) in [5, 5.41) is 10.7. The summed E-state index contributed by atoms with van der Waals surface area (Å²) >= 11 is 0. The molecule has 7 heteroatoms. The van der Waals surface area contributed by atoms with Crippen LogP contribution in [-0.2, 0) is 0 Å². The van der Waals surface area contributed by atoms with E-state index in [0.717, 1.165) is 24.0 Å². The van der Waals surface area contributed by atoms with Crippen LogP contribution >= 0.6 is 0 Å². The molecule has 1 atom stereocenters. The molecular formula is C21H29N5O2. The lowest BCUT2D eigenvalue weighted by molar-refractivity contribution is 0.247. The Labute approximate surface area is 165 Å². The average molecular weight is 383 g/mol. The van der Waals surface area contributed by atoms with Gasteiger partial charge >= 0.3 is 6.03 Å². The highest BCUT2D eigenvalue weighted by molar-refractivity contribution is 5.89. The zero-order valence-corrected chi connectivity index (χ0v) is 16.6. The van der Waals surface area contributed by atoms with Gasteiger partial charge in [0.15, 0.2) is 5.82 Å². The van der Waals surface area contributed by atoms with Gasteiger partial charge in [-0.25, -0.2) is 9.78 Å². The van der Waals surface area contributed by atoms with Crippen LogP contribution in [0.2, 0.25) is 0 Å². The van der Waals surface area contributed by atoms with Gasteiger partial charge in [-0.2, -0.15) is 5.10 Å². The Bertz CT molecular complexity index is 807. The maximum Gasteiger partial charge on any atom is 0.320 e. The third-order valence-electron chi connectivity index (χ3n) is 5.80. The van der Waals surface area contributed by atoms with Crippen molar-refractivity contribution < 1.29 is 9.53 Å². The van der Waals surface area contributed by atoms with Crippen molar-refractivity contribution in [1.82, 2.24) is 20.1 Å². The molecule has 2 amide bonds. The molecule has 2 saturated carbocycles. The fourth-order valence-electron chi connectivity index (χ4n) is 4.02. The second kappa shape index (κ2) is 8.20. The standard InChI is InChI=1S/C21H29N5O2/c1-14-13-26(17-6-4-3-5-7-17)25-20(14)24-21(27)23-19(15-8-9-15)16-10-11-18(28-2)22-12-16/h10-13,15,17,19H,3-9H2,1-2H3,(H2,23,24,25,27). The van der Waals surface area contributed by atoms with Gasteiger partial charge in [-0.15, -0.1) is 0 Å². The molecule has 28 heavy (non-hydrogen) atoms. The maximum absolute atomic E-state index is 12.7. The third kappa shape index (κ3) is 4.29. The summed E-state index contributed by atoms with van der Waals surface area (Å²) in [4.78, 5) is 17.0. The summed E-state index contributed by atoms with van der Waals surface area (Å²) in [5.74, 6) is 1.68. The number of ether oxygens (including phenoxy) is 1. The first kappa shape index (κ1) is 18.8. The summed E-state index contributed by atoms with van der Waals surface area (Å²) in [6.45, 7) is 1.99. The summed E-state index contributed by atoms with van der Waals surface area (Å²) in [6.07, 6.45) is 12.2. The molecule has 0 spiro atoms. The average Bonchev–Trinajstić information content (AvgIpc) is 3.51. The van der Waals surface area contributed by atoms with Crippen LogP contribution in [0.15, 0.2) is 24.5 Å². The van der Waals surface area contributed by atoms with Gasteiger partial charge in [0.2, 0.25) is 5.88 Å². The molecule has 0 aliphatic heterocycles. The number of urea groups is 1. The Kier molecular flexibility index (Phi) is 5.50. The van der Waals surface area contributed by atoms with Crippen molar-refractivity contribution in [2.24, 2.45) is 5.92 Å². The van der Waals surface area contributed by atoms with E-state index in [4.69, 9.17) is 4.74 Å². The van der Waals surface area contributed by atoms with Crippen LogP contribution in [-0.4, -0.2) is 27.9 Å². The first-order valence-electron chi connectivity index (χ1n) is 10.3. The van der Waals surface area contributed by atoms with Crippen LogP contribution in [0.1, 0.15) is 68.2 Å². The normalized spacial score (nSPS) is 18.5. The molecule has 0 saturated heterocycles. The van der Waals surface area contributed by atoms with E-state index < -0.39 is 0 Å². The largest absolute Gasteiger partial charge is 0.481 e. The van der Waals surface area contributed by atoms with Crippen molar-refractivity contribution in [2.75, 3.05) is 12.4 Å². The topological polar surface area (TPSA) is 81.1 Å². The zero-order valence-electron chi connectivity index (χ0n) is 16.6. The van der Waals surface area contributed by atoms with Gasteiger partial charge in [0.25, 0.3) is 0 Å². The van der Waals surface area contributed by atoms with Gasteiger partial charge in [0.05, 0.1) is 19.2 Å². The minimum absolute atomic E-state index is 0.0425. The van der Waals surface area contributed by atoms with Crippen LogP contribution < -0.4 is 15.4 Å². The van der Waals surface area contributed by atoms with Gasteiger partial charge in [-0.3, -0.25) is 10.00 Å². The molecule has 150 valence electrons. The van der Waals surface area contributed by atoms with Gasteiger partial charge in [-0.05, 0) is 44.1 Å². The number of hydrogen-bond donors (Lipinski definition) is 2. The van der Waals surface area contributed by atoms with Crippen LogP contribution in [0.3, 0.4) is 0 Å². The van der Waals surface area contributed by atoms with Crippen molar-refractivity contribution in [3.63, 3.8) is 0 Å². The Balaban J connectivity index is 1.41.